The molecule has 0 aliphatic heterocycles. The quantitative estimate of drug-likeness (QED) is 0.786. The monoisotopic (exact) mass is 296 g/mol. The van der Waals surface area contributed by atoms with Gasteiger partial charge in [-0.05, 0) is 36.9 Å². The Hall–Kier alpha value is -2.53. The van der Waals surface area contributed by atoms with Gasteiger partial charge in [-0.2, -0.15) is 5.10 Å². The summed E-state index contributed by atoms with van der Waals surface area (Å²) in [7, 11) is 2.03. The van der Waals surface area contributed by atoms with Crippen LogP contribution in [0.2, 0.25) is 0 Å². The van der Waals surface area contributed by atoms with Crippen LogP contribution in [0.3, 0.4) is 0 Å². The zero-order valence-corrected chi connectivity index (χ0v) is 12.3. The maximum atomic E-state index is 13.9. The van der Waals surface area contributed by atoms with Crippen LogP contribution in [0, 0.1) is 5.82 Å². The summed E-state index contributed by atoms with van der Waals surface area (Å²) >= 11 is 0. The summed E-state index contributed by atoms with van der Waals surface area (Å²) < 4.78 is 13.9. The smallest absolute Gasteiger partial charge is 0.132 e. The molecule has 0 fully saturated rings. The second-order valence-electron chi connectivity index (χ2n) is 5.28. The number of hydrogen-bond acceptors (Lipinski definition) is 3. The van der Waals surface area contributed by atoms with Gasteiger partial charge in [-0.3, -0.25) is 15.0 Å². The lowest BCUT2D eigenvalue weighted by molar-refractivity contribution is 0.319. The summed E-state index contributed by atoms with van der Waals surface area (Å²) in [5.41, 5.74) is 3.45. The zero-order chi connectivity index (χ0) is 15.4. The fourth-order valence-corrected chi connectivity index (χ4v) is 2.47. The molecule has 5 heteroatoms. The molecule has 0 bridgehead atoms. The molecule has 0 spiro atoms. The highest BCUT2D eigenvalue weighted by Crippen LogP contribution is 2.24. The molecule has 0 amide bonds. The number of nitrogens with zero attached hydrogens (tertiary/aromatic N) is 3. The molecule has 1 N–H and O–H groups in total. The minimum Gasteiger partial charge on any atom is -0.298 e. The Morgan fingerprint density at radius 2 is 1.86 bits per heavy atom. The molecule has 3 rings (SSSR count). The van der Waals surface area contributed by atoms with Gasteiger partial charge in [0.2, 0.25) is 0 Å². The van der Waals surface area contributed by atoms with Crippen molar-refractivity contribution >= 4 is 0 Å². The van der Waals surface area contributed by atoms with Crippen molar-refractivity contribution in [2.45, 2.75) is 13.1 Å². The number of rotatable bonds is 5. The van der Waals surface area contributed by atoms with Crippen molar-refractivity contribution in [1.29, 1.82) is 0 Å². The van der Waals surface area contributed by atoms with Crippen molar-refractivity contribution in [3.8, 4) is 11.3 Å². The molecule has 0 saturated carbocycles. The molecule has 22 heavy (non-hydrogen) atoms. The molecule has 2 aromatic heterocycles. The molecule has 1 aromatic carbocycles. The Morgan fingerprint density at radius 1 is 1.09 bits per heavy atom. The Kier molecular flexibility index (Phi) is 4.25. The molecule has 0 radical (unpaired) electrons. The summed E-state index contributed by atoms with van der Waals surface area (Å²) in [5, 5.41) is 6.98. The van der Waals surface area contributed by atoms with Crippen molar-refractivity contribution < 1.29 is 4.39 Å². The van der Waals surface area contributed by atoms with Crippen LogP contribution >= 0.6 is 0 Å². The average molecular weight is 296 g/mol. The van der Waals surface area contributed by atoms with E-state index in [4.69, 9.17) is 0 Å². The maximum absolute atomic E-state index is 13.9. The fourth-order valence-electron chi connectivity index (χ4n) is 2.47. The molecular weight excluding hydrogens is 279 g/mol. The molecular formula is C17H17FN4. The molecule has 112 valence electrons. The van der Waals surface area contributed by atoms with Crippen LogP contribution in [-0.2, 0) is 13.1 Å². The third-order valence-corrected chi connectivity index (χ3v) is 3.50. The number of benzene rings is 1. The van der Waals surface area contributed by atoms with Crippen molar-refractivity contribution in [2.75, 3.05) is 7.05 Å². The second kappa shape index (κ2) is 6.49. The summed E-state index contributed by atoms with van der Waals surface area (Å²) in [6.45, 7) is 1.48. The van der Waals surface area contributed by atoms with Gasteiger partial charge in [-0.15, -0.1) is 0 Å². The largest absolute Gasteiger partial charge is 0.298 e. The van der Waals surface area contributed by atoms with E-state index in [1.165, 1.54) is 11.6 Å². The highest BCUT2D eigenvalue weighted by atomic mass is 19.1. The number of hydrogen-bond donors (Lipinski definition) is 1. The summed E-state index contributed by atoms with van der Waals surface area (Å²) in [6.07, 6.45) is 5.32. The van der Waals surface area contributed by atoms with Gasteiger partial charge in [0, 0.05) is 36.6 Å². The minimum atomic E-state index is -0.246. The van der Waals surface area contributed by atoms with E-state index in [-0.39, 0.29) is 5.82 Å². The first-order valence-corrected chi connectivity index (χ1v) is 7.08. The van der Waals surface area contributed by atoms with Crippen LogP contribution in [0.15, 0.2) is 55.0 Å². The van der Waals surface area contributed by atoms with Crippen molar-refractivity contribution in [3.63, 3.8) is 0 Å². The van der Waals surface area contributed by atoms with E-state index in [9.17, 15) is 4.39 Å². The van der Waals surface area contributed by atoms with Crippen LogP contribution in [0.1, 0.15) is 11.1 Å². The lowest BCUT2D eigenvalue weighted by Gasteiger charge is -2.16. The molecule has 0 aliphatic carbocycles. The van der Waals surface area contributed by atoms with Gasteiger partial charge >= 0.3 is 0 Å². The first kappa shape index (κ1) is 14.4. The zero-order valence-electron chi connectivity index (χ0n) is 12.3. The van der Waals surface area contributed by atoms with Gasteiger partial charge in [0.05, 0.1) is 11.9 Å². The normalized spacial score (nSPS) is 11.0. The number of aromatic amines is 1. The predicted molar refractivity (Wildman–Crippen MR) is 83.4 cm³/mol. The third kappa shape index (κ3) is 3.20. The average Bonchev–Trinajstić information content (AvgIpc) is 2.96. The van der Waals surface area contributed by atoms with Crippen LogP contribution in [0.5, 0.6) is 0 Å². The Morgan fingerprint density at radius 3 is 2.64 bits per heavy atom. The van der Waals surface area contributed by atoms with Crippen LogP contribution in [0.25, 0.3) is 11.3 Å². The number of nitrogens with one attached hydrogen (secondary N) is 1. The van der Waals surface area contributed by atoms with Crippen molar-refractivity contribution in [1.82, 2.24) is 20.1 Å². The Balaban J connectivity index is 1.77. The van der Waals surface area contributed by atoms with Crippen molar-refractivity contribution in [3.05, 3.63) is 71.9 Å². The van der Waals surface area contributed by atoms with E-state index in [0.29, 0.717) is 12.1 Å². The van der Waals surface area contributed by atoms with E-state index in [0.717, 1.165) is 17.8 Å². The molecule has 0 aliphatic rings. The highest BCUT2D eigenvalue weighted by molar-refractivity contribution is 5.63. The minimum absolute atomic E-state index is 0.246. The van der Waals surface area contributed by atoms with Gasteiger partial charge < -0.3 is 0 Å². The molecule has 0 unspecified atom stereocenters. The topological polar surface area (TPSA) is 44.8 Å². The lowest BCUT2D eigenvalue weighted by atomic mass is 10.1. The third-order valence-electron chi connectivity index (χ3n) is 3.50. The standard InChI is InChI=1S/C17H17FN4/c1-22(11-13-6-8-19-9-7-13)12-14-10-20-21-17(14)15-4-2-3-5-16(15)18/h2-10H,11-12H2,1H3,(H,20,21). The lowest BCUT2D eigenvalue weighted by Crippen LogP contribution is -2.17. The van der Waals surface area contributed by atoms with Gasteiger partial charge in [0.1, 0.15) is 5.82 Å². The number of pyridine rings is 1. The van der Waals surface area contributed by atoms with Gasteiger partial charge in [0.25, 0.3) is 0 Å². The highest BCUT2D eigenvalue weighted by Gasteiger charge is 2.13. The van der Waals surface area contributed by atoms with E-state index in [1.54, 1.807) is 30.7 Å². The number of halogens is 1. The summed E-state index contributed by atoms with van der Waals surface area (Å²) in [5.74, 6) is -0.246. The van der Waals surface area contributed by atoms with Crippen LogP contribution < -0.4 is 0 Å². The van der Waals surface area contributed by atoms with Crippen LogP contribution in [0.4, 0.5) is 4.39 Å². The van der Waals surface area contributed by atoms with Crippen LogP contribution in [-0.4, -0.2) is 27.1 Å². The Bertz CT molecular complexity index is 739. The second-order valence-corrected chi connectivity index (χ2v) is 5.28. The molecule has 3 aromatic rings. The first-order valence-electron chi connectivity index (χ1n) is 7.08. The predicted octanol–water partition coefficient (Wildman–Crippen LogP) is 3.24. The van der Waals surface area contributed by atoms with Crippen molar-refractivity contribution in [2.24, 2.45) is 0 Å². The molecule has 0 atom stereocenters. The molecule has 0 saturated heterocycles. The SMILES string of the molecule is CN(Cc1ccncc1)Cc1cn[nH]c1-c1ccccc1F. The summed E-state index contributed by atoms with van der Waals surface area (Å²) in [6, 6.07) is 10.7. The number of H-pyrrole nitrogens is 1. The summed E-state index contributed by atoms with van der Waals surface area (Å²) in [4.78, 5) is 6.17. The number of aromatic nitrogens is 3. The Labute approximate surface area is 128 Å². The molecule has 2 heterocycles. The van der Waals surface area contributed by atoms with E-state index in [2.05, 4.69) is 20.1 Å². The van der Waals surface area contributed by atoms with E-state index in [1.807, 2.05) is 25.2 Å². The molecule has 4 nitrogen and oxygen atoms in total. The maximum Gasteiger partial charge on any atom is 0.132 e. The van der Waals surface area contributed by atoms with Gasteiger partial charge in [-0.1, -0.05) is 12.1 Å². The van der Waals surface area contributed by atoms with E-state index >= 15 is 0 Å². The fraction of sp³-hybridized carbons (Fsp3) is 0.176. The van der Waals surface area contributed by atoms with Gasteiger partial charge in [-0.25, -0.2) is 4.39 Å². The van der Waals surface area contributed by atoms with E-state index < -0.39 is 0 Å². The first-order chi connectivity index (χ1) is 10.7. The van der Waals surface area contributed by atoms with Gasteiger partial charge in [0.15, 0.2) is 0 Å².